The van der Waals surface area contributed by atoms with Crippen LogP contribution in [-0.2, 0) is 11.3 Å². The zero-order valence-electron chi connectivity index (χ0n) is 12.1. The van der Waals surface area contributed by atoms with Crippen LogP contribution in [-0.4, -0.2) is 40.1 Å². The van der Waals surface area contributed by atoms with Crippen molar-refractivity contribution in [3.8, 4) is 0 Å². The van der Waals surface area contributed by atoms with Gasteiger partial charge in [-0.25, -0.2) is 4.79 Å². The number of hydrogen-bond donors (Lipinski definition) is 1. The lowest BCUT2D eigenvalue weighted by molar-refractivity contribution is -0.384. The van der Waals surface area contributed by atoms with Crippen molar-refractivity contribution in [1.82, 2.24) is 4.90 Å². The molecule has 1 aromatic rings. The molecule has 0 spiro atoms. The molecular formula is C14H17N3O4S. The van der Waals surface area contributed by atoms with Crippen molar-refractivity contribution >= 4 is 30.2 Å². The molecular weight excluding hydrogens is 306 g/mol. The van der Waals surface area contributed by atoms with E-state index in [9.17, 15) is 14.9 Å². The van der Waals surface area contributed by atoms with Gasteiger partial charge in [-0.1, -0.05) is 0 Å². The van der Waals surface area contributed by atoms with Gasteiger partial charge in [0.1, 0.15) is 12.4 Å². The Kier molecular flexibility index (Phi) is 5.37. The lowest BCUT2D eigenvalue weighted by Crippen LogP contribution is -2.27. The number of amides is 1. The van der Waals surface area contributed by atoms with Gasteiger partial charge in [0.25, 0.3) is 5.69 Å². The van der Waals surface area contributed by atoms with Crippen LogP contribution in [0.25, 0.3) is 0 Å². The largest absolute Gasteiger partial charge is 0.443 e. The molecule has 0 bridgehead atoms. The minimum absolute atomic E-state index is 0.000663. The summed E-state index contributed by atoms with van der Waals surface area (Å²) in [5, 5.41) is 10.8. The topological polar surface area (TPSA) is 85.0 Å². The summed E-state index contributed by atoms with van der Waals surface area (Å²) in [6, 6.07) is 5.84. The van der Waals surface area contributed by atoms with E-state index in [0.717, 1.165) is 19.5 Å². The highest BCUT2D eigenvalue weighted by Gasteiger charge is 2.20. The summed E-state index contributed by atoms with van der Waals surface area (Å²) in [5.74, 6) is 0.616. The second-order valence-electron chi connectivity index (χ2n) is 5.03. The van der Waals surface area contributed by atoms with Crippen molar-refractivity contribution in [2.45, 2.75) is 25.2 Å². The third kappa shape index (κ3) is 4.45. The van der Waals surface area contributed by atoms with E-state index in [1.807, 2.05) is 4.90 Å². The molecule has 0 radical (unpaired) electrons. The monoisotopic (exact) mass is 323 g/mol. The Morgan fingerprint density at radius 1 is 1.50 bits per heavy atom. The molecule has 22 heavy (non-hydrogen) atoms. The molecule has 7 nitrogen and oxygen atoms in total. The van der Waals surface area contributed by atoms with E-state index >= 15 is 0 Å². The number of carbonyl (C=O) groups excluding carboxylic acids is 1. The van der Waals surface area contributed by atoms with Crippen LogP contribution in [0.4, 0.5) is 10.5 Å². The number of nitro groups is 1. The average molecular weight is 323 g/mol. The number of rotatable bonds is 3. The van der Waals surface area contributed by atoms with Crippen LogP contribution in [0.5, 0.6) is 0 Å². The van der Waals surface area contributed by atoms with Crippen molar-refractivity contribution in [3.05, 3.63) is 39.9 Å². The Hall–Kier alpha value is -2.09. The minimum atomic E-state index is -0.668. The standard InChI is InChI=1S/C14H17N3O4S/c1-10(16-7-6-13(22)8-16)15-14(18)21-9-11-2-4-12(5-3-11)17(19)20/h2-5,13,22H,6-9H2,1H3/b15-10+. The predicted octanol–water partition coefficient (Wildman–Crippen LogP) is 2.65. The number of amidine groups is 1. The van der Waals surface area contributed by atoms with Gasteiger partial charge in [-0.2, -0.15) is 17.6 Å². The summed E-state index contributed by atoms with van der Waals surface area (Å²) in [5.41, 5.74) is 0.669. The van der Waals surface area contributed by atoms with Gasteiger partial charge in [-0.05, 0) is 31.0 Å². The maximum atomic E-state index is 11.7. The molecule has 0 aliphatic carbocycles. The summed E-state index contributed by atoms with van der Waals surface area (Å²) >= 11 is 4.39. The Morgan fingerprint density at radius 3 is 2.73 bits per heavy atom. The smallest absolute Gasteiger partial charge is 0.435 e. The van der Waals surface area contributed by atoms with Crippen LogP contribution in [0.15, 0.2) is 29.3 Å². The third-order valence-electron chi connectivity index (χ3n) is 3.38. The molecule has 1 fully saturated rings. The maximum absolute atomic E-state index is 11.7. The number of hydrogen-bond acceptors (Lipinski definition) is 5. The van der Waals surface area contributed by atoms with Crippen LogP contribution < -0.4 is 0 Å². The Morgan fingerprint density at radius 2 is 2.18 bits per heavy atom. The molecule has 1 unspecified atom stereocenters. The normalized spacial score (nSPS) is 18.4. The first-order valence-corrected chi connectivity index (χ1v) is 7.35. The van der Waals surface area contributed by atoms with E-state index in [-0.39, 0.29) is 12.3 Å². The number of aliphatic imine (C=N–C) groups is 1. The summed E-state index contributed by atoms with van der Waals surface area (Å²) in [6.45, 7) is 3.40. The van der Waals surface area contributed by atoms with E-state index in [1.165, 1.54) is 12.1 Å². The van der Waals surface area contributed by atoms with E-state index in [4.69, 9.17) is 4.74 Å². The summed E-state index contributed by atoms with van der Waals surface area (Å²) in [4.78, 5) is 27.6. The first-order valence-electron chi connectivity index (χ1n) is 6.84. The van der Waals surface area contributed by atoms with Crippen molar-refractivity contribution in [1.29, 1.82) is 0 Å². The average Bonchev–Trinajstić information content (AvgIpc) is 2.92. The van der Waals surface area contributed by atoms with Gasteiger partial charge >= 0.3 is 6.09 Å². The number of nitrogens with zero attached hydrogens (tertiary/aromatic N) is 3. The van der Waals surface area contributed by atoms with Crippen molar-refractivity contribution in [3.63, 3.8) is 0 Å². The van der Waals surface area contributed by atoms with E-state index in [1.54, 1.807) is 19.1 Å². The highest BCUT2D eigenvalue weighted by Crippen LogP contribution is 2.15. The molecule has 8 heteroatoms. The molecule has 1 aliphatic heterocycles. The van der Waals surface area contributed by atoms with Gasteiger partial charge in [0, 0.05) is 30.5 Å². The fourth-order valence-corrected chi connectivity index (χ4v) is 2.44. The van der Waals surface area contributed by atoms with Gasteiger partial charge in [-0.15, -0.1) is 0 Å². The van der Waals surface area contributed by atoms with Gasteiger partial charge in [0.15, 0.2) is 0 Å². The third-order valence-corrected chi connectivity index (χ3v) is 3.81. The Balaban J connectivity index is 1.85. The van der Waals surface area contributed by atoms with Gasteiger partial charge < -0.3 is 9.64 Å². The van der Waals surface area contributed by atoms with Gasteiger partial charge in [0.05, 0.1) is 4.92 Å². The molecule has 1 aromatic carbocycles. The Labute approximate surface area is 133 Å². The molecule has 0 aromatic heterocycles. The molecule has 2 rings (SSSR count). The molecule has 1 amide bonds. The second-order valence-corrected chi connectivity index (χ2v) is 5.76. The number of ether oxygens (including phenoxy) is 1. The SMILES string of the molecule is C/C(=N\C(=O)OCc1ccc([N+](=O)[O-])cc1)N1CCC(S)C1. The van der Waals surface area contributed by atoms with E-state index in [2.05, 4.69) is 17.6 Å². The van der Waals surface area contributed by atoms with Crippen molar-refractivity contribution < 1.29 is 14.5 Å². The molecule has 1 aliphatic rings. The Bertz CT molecular complexity index is 588. The van der Waals surface area contributed by atoms with E-state index in [0.29, 0.717) is 16.6 Å². The van der Waals surface area contributed by atoms with Crippen LogP contribution in [0.1, 0.15) is 18.9 Å². The lowest BCUT2D eigenvalue weighted by atomic mass is 10.2. The number of nitro benzene ring substituents is 1. The van der Waals surface area contributed by atoms with Crippen LogP contribution in [0, 0.1) is 10.1 Å². The minimum Gasteiger partial charge on any atom is -0.443 e. The second kappa shape index (κ2) is 7.26. The lowest BCUT2D eigenvalue weighted by Gasteiger charge is -2.16. The first-order chi connectivity index (χ1) is 10.5. The predicted molar refractivity (Wildman–Crippen MR) is 85.4 cm³/mol. The fourth-order valence-electron chi connectivity index (χ4n) is 2.13. The molecule has 1 saturated heterocycles. The van der Waals surface area contributed by atoms with Crippen LogP contribution >= 0.6 is 12.6 Å². The zero-order valence-corrected chi connectivity index (χ0v) is 13.0. The number of likely N-dealkylation sites (tertiary alicyclic amines) is 1. The quantitative estimate of drug-likeness (QED) is 0.304. The molecule has 1 heterocycles. The number of non-ortho nitro benzene ring substituents is 1. The van der Waals surface area contributed by atoms with Crippen LogP contribution in [0.2, 0.25) is 0 Å². The number of thiol groups is 1. The van der Waals surface area contributed by atoms with Crippen molar-refractivity contribution in [2.24, 2.45) is 4.99 Å². The fraction of sp³-hybridized carbons (Fsp3) is 0.429. The highest BCUT2D eigenvalue weighted by molar-refractivity contribution is 7.81. The zero-order chi connectivity index (χ0) is 16.1. The maximum Gasteiger partial charge on any atom is 0.435 e. The highest BCUT2D eigenvalue weighted by atomic mass is 32.1. The van der Waals surface area contributed by atoms with Crippen LogP contribution in [0.3, 0.4) is 0 Å². The van der Waals surface area contributed by atoms with E-state index < -0.39 is 11.0 Å². The van der Waals surface area contributed by atoms with Crippen molar-refractivity contribution in [2.75, 3.05) is 13.1 Å². The molecule has 0 saturated carbocycles. The number of carbonyl (C=O) groups is 1. The van der Waals surface area contributed by atoms with Gasteiger partial charge in [0.2, 0.25) is 0 Å². The molecule has 1 atom stereocenters. The molecule has 118 valence electrons. The number of benzene rings is 1. The summed E-state index contributed by atoms with van der Waals surface area (Å²) in [7, 11) is 0. The van der Waals surface area contributed by atoms with Gasteiger partial charge in [-0.3, -0.25) is 10.1 Å². The summed E-state index contributed by atoms with van der Waals surface area (Å²) < 4.78 is 5.04. The summed E-state index contributed by atoms with van der Waals surface area (Å²) in [6.07, 6.45) is 0.298. The first kappa shape index (κ1) is 16.3. The molecule has 0 N–H and O–H groups in total.